The van der Waals surface area contributed by atoms with Crippen LogP contribution in [0.15, 0.2) is 46.8 Å². The molecule has 0 aliphatic carbocycles. The van der Waals surface area contributed by atoms with Gasteiger partial charge in [-0.2, -0.15) is 0 Å². The molecule has 6 heteroatoms. The average molecular weight is 422 g/mol. The molecule has 2 aliphatic rings. The Labute approximate surface area is 182 Å². The summed E-state index contributed by atoms with van der Waals surface area (Å²) in [6, 6.07) is 10.1. The van der Waals surface area contributed by atoms with E-state index in [1.807, 2.05) is 37.3 Å². The number of nitrogens with one attached hydrogen (secondary N) is 1. The molecule has 0 unspecified atom stereocenters. The second-order valence-corrected chi connectivity index (χ2v) is 8.17. The lowest BCUT2D eigenvalue weighted by atomic mass is 9.95. The molecule has 0 spiro atoms. The van der Waals surface area contributed by atoms with E-state index in [-0.39, 0.29) is 20.8 Å². The number of likely N-dealkylation sites (tertiary alicyclic amines) is 1. The molecule has 29 heavy (non-hydrogen) atoms. The minimum Gasteiger partial charge on any atom is -0.381 e. The Morgan fingerprint density at radius 1 is 1.31 bits per heavy atom. The van der Waals surface area contributed by atoms with Crippen LogP contribution in [-0.4, -0.2) is 49.9 Å². The Hall–Kier alpha value is -1.63. The maximum absolute atomic E-state index is 12.1. The summed E-state index contributed by atoms with van der Waals surface area (Å²) in [5, 5.41) is 0. The predicted molar refractivity (Wildman–Crippen MR) is 127 cm³/mol. The Balaban J connectivity index is 0.000000652. The van der Waals surface area contributed by atoms with E-state index < -0.39 is 0 Å². The molecule has 3 rings (SSSR count). The lowest BCUT2D eigenvalue weighted by Gasteiger charge is -2.42. The first kappa shape index (κ1) is 25.4. The van der Waals surface area contributed by atoms with Crippen LogP contribution in [0.1, 0.15) is 47.0 Å². The van der Waals surface area contributed by atoms with Gasteiger partial charge in [-0.25, -0.2) is 0 Å². The summed E-state index contributed by atoms with van der Waals surface area (Å²) in [7, 11) is 0. The third-order valence-corrected chi connectivity index (χ3v) is 5.97. The molecule has 0 saturated carbocycles. The topological polar surface area (TPSA) is 53.9 Å². The summed E-state index contributed by atoms with van der Waals surface area (Å²) in [5.41, 5.74) is 1.22. The van der Waals surface area contributed by atoms with Crippen LogP contribution in [0.3, 0.4) is 0 Å². The van der Waals surface area contributed by atoms with Crippen molar-refractivity contribution in [3.05, 3.63) is 47.4 Å². The molecule has 2 saturated heterocycles. The summed E-state index contributed by atoms with van der Waals surface area (Å²) < 4.78 is 8.29. The molecule has 164 valence electrons. The second-order valence-electron chi connectivity index (χ2n) is 7.18. The average Bonchev–Trinajstić information content (AvgIpc) is 2.72. The monoisotopic (exact) mass is 421 g/mol. The number of benzene rings is 1. The van der Waals surface area contributed by atoms with Crippen molar-refractivity contribution in [2.75, 3.05) is 26.3 Å². The number of ether oxygens (including phenoxy) is 1. The van der Waals surface area contributed by atoms with Crippen LogP contribution < -0.4 is 4.72 Å². The van der Waals surface area contributed by atoms with Crippen LogP contribution in [0.5, 0.6) is 0 Å². The van der Waals surface area contributed by atoms with Crippen molar-refractivity contribution >= 4 is 24.6 Å². The van der Waals surface area contributed by atoms with Crippen molar-refractivity contribution in [1.82, 2.24) is 9.62 Å². The molecule has 1 aromatic rings. The van der Waals surface area contributed by atoms with E-state index in [9.17, 15) is 4.79 Å². The number of aliphatic imine (C=N–C) groups is 1. The molecule has 1 N–H and O–H groups in total. The summed E-state index contributed by atoms with van der Waals surface area (Å²) in [5.74, 6) is 0.834. The number of hydrogen-bond acceptors (Lipinski definition) is 5. The number of carbonyl (C=O) groups is 1. The van der Waals surface area contributed by atoms with Gasteiger partial charge in [0.1, 0.15) is 0 Å². The summed E-state index contributed by atoms with van der Waals surface area (Å²) >= 11 is 1.37. The molecule has 2 aliphatic heterocycles. The van der Waals surface area contributed by atoms with Crippen molar-refractivity contribution < 1.29 is 11.0 Å². The van der Waals surface area contributed by atoms with Crippen LogP contribution in [0.4, 0.5) is 0 Å². The Kier molecular flexibility index (Phi) is 12.6. The van der Waals surface area contributed by atoms with E-state index in [1.54, 1.807) is 0 Å². The first-order valence-corrected chi connectivity index (χ1v) is 10.9. The van der Waals surface area contributed by atoms with Crippen LogP contribution >= 0.6 is 11.9 Å². The highest BCUT2D eigenvalue weighted by molar-refractivity contribution is 8.01. The van der Waals surface area contributed by atoms with Gasteiger partial charge in [0, 0.05) is 27.7 Å². The zero-order valence-electron chi connectivity index (χ0n) is 16.9. The quantitative estimate of drug-likeness (QED) is 0.477. The van der Waals surface area contributed by atoms with E-state index in [0.717, 1.165) is 63.4 Å². The number of amides is 1. The molecule has 0 radical (unpaired) electrons. The predicted octanol–water partition coefficient (Wildman–Crippen LogP) is 4.94. The second kappa shape index (κ2) is 14.4. The van der Waals surface area contributed by atoms with Gasteiger partial charge in [-0.1, -0.05) is 51.3 Å². The Morgan fingerprint density at radius 3 is 2.55 bits per heavy atom. The first-order chi connectivity index (χ1) is 13.6. The molecule has 0 bridgehead atoms. The zero-order valence-corrected chi connectivity index (χ0v) is 17.8. The third-order valence-electron chi connectivity index (χ3n) is 5.09. The summed E-state index contributed by atoms with van der Waals surface area (Å²) in [4.78, 5) is 19.1. The standard InChI is InChI=1S/C14H24N2O2S.C8H9N.CH4.H2/c1-3-11(2)19-15-14(17)13-4-7-16(13)10-12-5-8-18-9-6-12;1-9-7-8-5-3-2-4-6-8;;/h12-13H,2-10H2,1H3,(H,15,17);2-6H,1,7H2;1H4;1H/t13-;;;/m0.../s1. The molecule has 2 heterocycles. The SMILES string of the molecule is C.C=C(CC)SNC(=O)[C@@H]1CCN1CC1CCOCC1.C=NCc1ccccc1.[HH]. The van der Waals surface area contributed by atoms with Gasteiger partial charge in [0.25, 0.3) is 0 Å². The van der Waals surface area contributed by atoms with Crippen LogP contribution in [0, 0.1) is 5.92 Å². The Morgan fingerprint density at radius 2 is 2.00 bits per heavy atom. The van der Waals surface area contributed by atoms with Gasteiger partial charge in [-0.15, -0.1) is 0 Å². The minimum absolute atomic E-state index is 0. The lowest BCUT2D eigenvalue weighted by molar-refractivity contribution is -0.129. The molecule has 1 amide bonds. The van der Waals surface area contributed by atoms with Crippen molar-refractivity contribution in [3.8, 4) is 0 Å². The lowest BCUT2D eigenvalue weighted by Crippen LogP contribution is -2.56. The smallest absolute Gasteiger partial charge is 0.247 e. The van der Waals surface area contributed by atoms with E-state index >= 15 is 0 Å². The van der Waals surface area contributed by atoms with Gasteiger partial charge in [0.2, 0.25) is 5.91 Å². The molecule has 1 atom stereocenters. The maximum atomic E-state index is 12.1. The number of carbonyl (C=O) groups excluding carboxylic acids is 1. The van der Waals surface area contributed by atoms with Crippen molar-refractivity contribution in [2.45, 2.75) is 52.6 Å². The molecule has 5 nitrogen and oxygen atoms in total. The summed E-state index contributed by atoms with van der Waals surface area (Å²) in [6.07, 6.45) is 4.13. The van der Waals surface area contributed by atoms with E-state index in [1.165, 1.54) is 17.5 Å². The molecule has 0 aromatic heterocycles. The largest absolute Gasteiger partial charge is 0.381 e. The molecule has 1 aromatic carbocycles. The fourth-order valence-corrected chi connectivity index (χ4v) is 3.72. The highest BCUT2D eigenvalue weighted by atomic mass is 32.2. The van der Waals surface area contributed by atoms with E-state index in [0.29, 0.717) is 5.92 Å². The van der Waals surface area contributed by atoms with Crippen LogP contribution in [-0.2, 0) is 16.1 Å². The minimum atomic E-state index is 0. The zero-order chi connectivity index (χ0) is 20.2. The van der Waals surface area contributed by atoms with Gasteiger partial charge < -0.3 is 4.74 Å². The van der Waals surface area contributed by atoms with Crippen molar-refractivity contribution in [3.63, 3.8) is 0 Å². The molecular formula is C23H39N3O2S. The first-order valence-electron chi connectivity index (χ1n) is 10.1. The highest BCUT2D eigenvalue weighted by Gasteiger charge is 2.35. The highest BCUT2D eigenvalue weighted by Crippen LogP contribution is 2.24. The molecule has 2 fully saturated rings. The number of allylic oxidation sites excluding steroid dienone is 1. The Bertz CT molecular complexity index is 624. The normalized spacial score (nSPS) is 19.0. The van der Waals surface area contributed by atoms with Gasteiger partial charge in [-0.05, 0) is 60.7 Å². The fraction of sp³-hybridized carbons (Fsp3) is 0.565. The van der Waals surface area contributed by atoms with Crippen LogP contribution in [0.2, 0.25) is 0 Å². The van der Waals surface area contributed by atoms with Gasteiger partial charge in [0.15, 0.2) is 0 Å². The maximum Gasteiger partial charge on any atom is 0.247 e. The van der Waals surface area contributed by atoms with Crippen molar-refractivity contribution in [2.24, 2.45) is 10.9 Å². The number of rotatable bonds is 8. The van der Waals surface area contributed by atoms with Gasteiger partial charge in [0.05, 0.1) is 12.6 Å². The van der Waals surface area contributed by atoms with Gasteiger partial charge in [-0.3, -0.25) is 19.4 Å². The van der Waals surface area contributed by atoms with Crippen LogP contribution in [0.25, 0.3) is 0 Å². The number of hydrogen-bond donors (Lipinski definition) is 1. The van der Waals surface area contributed by atoms with E-state index in [2.05, 4.69) is 27.9 Å². The van der Waals surface area contributed by atoms with E-state index in [4.69, 9.17) is 4.74 Å². The summed E-state index contributed by atoms with van der Waals surface area (Å²) in [6.45, 7) is 13.9. The van der Waals surface area contributed by atoms with Crippen molar-refractivity contribution in [1.29, 1.82) is 0 Å². The number of nitrogens with zero attached hydrogens (tertiary/aromatic N) is 2. The fourth-order valence-electron chi connectivity index (χ4n) is 3.19. The third kappa shape index (κ3) is 9.15. The van der Waals surface area contributed by atoms with Gasteiger partial charge >= 0.3 is 0 Å². The molecular weight excluding hydrogens is 382 g/mol.